The molecule has 1 aliphatic carbocycles. The van der Waals surface area contributed by atoms with Crippen LogP contribution in [0.25, 0.3) is 0 Å². The van der Waals surface area contributed by atoms with Crippen molar-refractivity contribution in [1.29, 1.82) is 0 Å². The number of nitrogens with two attached hydrogens (primary N) is 1. The smallest absolute Gasteiger partial charge is 0.147 e. The third-order valence-electron chi connectivity index (χ3n) is 2.84. The zero-order chi connectivity index (χ0) is 10.8. The second-order valence-electron chi connectivity index (χ2n) is 4.19. The summed E-state index contributed by atoms with van der Waals surface area (Å²) in [7, 11) is -1.26. The number of ether oxygens (including phenoxy) is 1. The van der Waals surface area contributed by atoms with E-state index in [9.17, 15) is 8.42 Å². The van der Waals surface area contributed by atoms with Crippen LogP contribution < -0.4 is 5.73 Å². The monoisotopic (exact) mass is 221 g/mol. The Balaban J connectivity index is 2.57. The average molecular weight is 221 g/mol. The van der Waals surface area contributed by atoms with E-state index >= 15 is 0 Å². The lowest BCUT2D eigenvalue weighted by molar-refractivity contribution is 0.0482. The molecule has 5 heteroatoms. The fourth-order valence-corrected chi connectivity index (χ4v) is 3.20. The topological polar surface area (TPSA) is 69.4 Å². The molecule has 4 nitrogen and oxygen atoms in total. The van der Waals surface area contributed by atoms with Gasteiger partial charge < -0.3 is 10.5 Å². The Bertz CT molecular complexity index is 276. The van der Waals surface area contributed by atoms with Gasteiger partial charge in [-0.15, -0.1) is 0 Å². The van der Waals surface area contributed by atoms with Crippen molar-refractivity contribution in [3.8, 4) is 0 Å². The average Bonchev–Trinajstić information content (AvgIpc) is 2.06. The van der Waals surface area contributed by atoms with Crippen LogP contribution in [0.2, 0.25) is 0 Å². The van der Waals surface area contributed by atoms with E-state index < -0.39 is 9.84 Å². The number of methoxy groups -OCH3 is 1. The van der Waals surface area contributed by atoms with E-state index in [2.05, 4.69) is 0 Å². The molecule has 14 heavy (non-hydrogen) atoms. The van der Waals surface area contributed by atoms with Crippen LogP contribution in [-0.2, 0) is 14.6 Å². The molecule has 1 rings (SSSR count). The van der Waals surface area contributed by atoms with Crippen molar-refractivity contribution in [3.05, 3.63) is 0 Å². The molecule has 1 aliphatic rings. The molecule has 0 unspecified atom stereocenters. The van der Waals surface area contributed by atoms with Gasteiger partial charge in [-0.2, -0.15) is 0 Å². The summed E-state index contributed by atoms with van der Waals surface area (Å²) in [6.45, 7) is 0. The highest BCUT2D eigenvalue weighted by atomic mass is 32.2. The first-order valence-electron chi connectivity index (χ1n) is 4.88. The summed E-state index contributed by atoms with van der Waals surface area (Å²) in [4.78, 5) is 0. The molecule has 0 saturated heterocycles. The first-order chi connectivity index (χ1) is 6.42. The van der Waals surface area contributed by atoms with Crippen molar-refractivity contribution in [3.63, 3.8) is 0 Å². The largest absolute Gasteiger partial charge is 0.381 e. The Morgan fingerprint density at radius 2 is 2.07 bits per heavy atom. The Labute approximate surface area is 85.7 Å². The lowest BCUT2D eigenvalue weighted by Crippen LogP contribution is -2.41. The summed E-state index contributed by atoms with van der Waals surface area (Å²) >= 11 is 0. The normalized spacial score (nSPS) is 34.4. The maximum Gasteiger partial charge on any atom is 0.147 e. The summed E-state index contributed by atoms with van der Waals surface area (Å²) in [5.41, 5.74) is 5.88. The van der Waals surface area contributed by atoms with Gasteiger partial charge in [-0.1, -0.05) is 0 Å². The molecule has 0 aliphatic heterocycles. The molecule has 0 aromatic heterocycles. The van der Waals surface area contributed by atoms with Crippen LogP contribution in [0, 0.1) is 5.92 Å². The first kappa shape index (κ1) is 11.9. The minimum absolute atomic E-state index is 0.0103. The lowest BCUT2D eigenvalue weighted by atomic mass is 9.84. The summed E-state index contributed by atoms with van der Waals surface area (Å²) < 4.78 is 27.5. The molecule has 3 atom stereocenters. The highest BCUT2D eigenvalue weighted by Crippen LogP contribution is 2.26. The quantitative estimate of drug-likeness (QED) is 0.737. The molecule has 0 bridgehead atoms. The Kier molecular flexibility index (Phi) is 3.92. The van der Waals surface area contributed by atoms with E-state index in [0.717, 1.165) is 19.3 Å². The molecule has 0 amide bonds. The summed E-state index contributed by atoms with van der Waals surface area (Å²) in [6, 6.07) is 0.0103. The van der Waals surface area contributed by atoms with Gasteiger partial charge in [0.25, 0.3) is 0 Å². The van der Waals surface area contributed by atoms with Crippen molar-refractivity contribution in [1.82, 2.24) is 0 Å². The highest BCUT2D eigenvalue weighted by molar-refractivity contribution is 7.90. The molecule has 0 heterocycles. The first-order valence-corrected chi connectivity index (χ1v) is 6.94. The van der Waals surface area contributed by atoms with E-state index in [1.54, 1.807) is 7.11 Å². The fraction of sp³-hybridized carbons (Fsp3) is 1.00. The molecule has 2 N–H and O–H groups in total. The molecule has 1 saturated carbocycles. The van der Waals surface area contributed by atoms with Crippen LogP contribution in [0.5, 0.6) is 0 Å². The molecule has 84 valence electrons. The Morgan fingerprint density at radius 3 is 2.57 bits per heavy atom. The van der Waals surface area contributed by atoms with E-state index in [0.29, 0.717) is 0 Å². The standard InChI is InChI=1S/C9H19NO3S/c1-13-8-3-4-9(10)7(5-8)6-14(2,11)12/h7-9H,3-6,10H2,1-2H3/t7-,8+,9-/m0/s1. The Hall–Kier alpha value is -0.130. The maximum absolute atomic E-state index is 11.1. The predicted octanol–water partition coefficient (Wildman–Crippen LogP) is 0.173. The molecule has 1 fully saturated rings. The summed E-state index contributed by atoms with van der Waals surface area (Å²) in [5.74, 6) is 0.247. The third kappa shape index (κ3) is 3.55. The van der Waals surface area contributed by atoms with Crippen LogP contribution in [-0.4, -0.2) is 39.7 Å². The van der Waals surface area contributed by atoms with Crippen LogP contribution in [0.3, 0.4) is 0 Å². The van der Waals surface area contributed by atoms with Crippen molar-refractivity contribution in [2.75, 3.05) is 19.1 Å². The van der Waals surface area contributed by atoms with Crippen molar-refractivity contribution in [2.45, 2.75) is 31.4 Å². The van der Waals surface area contributed by atoms with Gasteiger partial charge in [0.1, 0.15) is 9.84 Å². The minimum atomic E-state index is -2.92. The second-order valence-corrected chi connectivity index (χ2v) is 6.37. The number of hydrogen-bond donors (Lipinski definition) is 1. The molecule has 0 aromatic carbocycles. The lowest BCUT2D eigenvalue weighted by Gasteiger charge is -2.32. The summed E-state index contributed by atoms with van der Waals surface area (Å²) in [5, 5.41) is 0. The van der Waals surface area contributed by atoms with Gasteiger partial charge in [-0.3, -0.25) is 0 Å². The van der Waals surface area contributed by atoms with Gasteiger partial charge in [0.05, 0.1) is 11.9 Å². The van der Waals surface area contributed by atoms with Crippen molar-refractivity contribution < 1.29 is 13.2 Å². The summed E-state index contributed by atoms with van der Waals surface area (Å²) in [6.07, 6.45) is 4.01. The zero-order valence-corrected chi connectivity index (χ0v) is 9.59. The van der Waals surface area contributed by atoms with Gasteiger partial charge in [-0.25, -0.2) is 8.42 Å². The minimum Gasteiger partial charge on any atom is -0.381 e. The van der Waals surface area contributed by atoms with E-state index in [1.165, 1.54) is 6.26 Å². The highest BCUT2D eigenvalue weighted by Gasteiger charge is 2.30. The van der Waals surface area contributed by atoms with Crippen molar-refractivity contribution in [2.24, 2.45) is 11.7 Å². The van der Waals surface area contributed by atoms with E-state index in [-0.39, 0.29) is 23.8 Å². The molecule has 0 aromatic rings. The van der Waals surface area contributed by atoms with E-state index in [4.69, 9.17) is 10.5 Å². The molecule has 0 spiro atoms. The van der Waals surface area contributed by atoms with Crippen LogP contribution >= 0.6 is 0 Å². The number of rotatable bonds is 3. The Morgan fingerprint density at radius 1 is 1.43 bits per heavy atom. The number of hydrogen-bond acceptors (Lipinski definition) is 4. The third-order valence-corrected chi connectivity index (χ3v) is 3.88. The predicted molar refractivity (Wildman–Crippen MR) is 55.8 cm³/mol. The SMILES string of the molecule is CO[C@@H]1CC[C@H](N)[C@H](CS(C)(=O)=O)C1. The number of sulfone groups is 1. The van der Waals surface area contributed by atoms with Gasteiger partial charge in [-0.05, 0) is 25.2 Å². The van der Waals surface area contributed by atoms with Gasteiger partial charge in [0.15, 0.2) is 0 Å². The van der Waals surface area contributed by atoms with Crippen LogP contribution in [0.4, 0.5) is 0 Å². The molecular formula is C9H19NO3S. The maximum atomic E-state index is 11.1. The van der Waals surface area contributed by atoms with Gasteiger partial charge in [0, 0.05) is 19.4 Å². The van der Waals surface area contributed by atoms with Gasteiger partial charge in [0.2, 0.25) is 0 Å². The van der Waals surface area contributed by atoms with Crippen LogP contribution in [0.15, 0.2) is 0 Å². The van der Waals surface area contributed by atoms with E-state index in [1.807, 2.05) is 0 Å². The van der Waals surface area contributed by atoms with Gasteiger partial charge >= 0.3 is 0 Å². The molecular weight excluding hydrogens is 202 g/mol. The fourth-order valence-electron chi connectivity index (χ4n) is 2.04. The zero-order valence-electron chi connectivity index (χ0n) is 8.77. The second kappa shape index (κ2) is 4.59. The molecule has 0 radical (unpaired) electrons. The van der Waals surface area contributed by atoms with Crippen molar-refractivity contribution >= 4 is 9.84 Å². The van der Waals surface area contributed by atoms with Crippen LogP contribution in [0.1, 0.15) is 19.3 Å².